The van der Waals surface area contributed by atoms with Crippen molar-refractivity contribution < 1.29 is 9.84 Å². The number of phenolic OH excluding ortho intramolecular Hbond substituents is 1. The maximum absolute atomic E-state index is 12.7. The number of aromatic amines is 1. The van der Waals surface area contributed by atoms with Gasteiger partial charge in [0.1, 0.15) is 5.82 Å². The molecule has 0 radical (unpaired) electrons. The Morgan fingerprint density at radius 1 is 1.18 bits per heavy atom. The predicted molar refractivity (Wildman–Crippen MR) is 107 cm³/mol. The third kappa shape index (κ3) is 3.64. The number of ether oxygens (including phenoxy) is 1. The lowest BCUT2D eigenvalue weighted by Crippen LogP contribution is -2.35. The van der Waals surface area contributed by atoms with Gasteiger partial charge < -0.3 is 14.8 Å². The fraction of sp³-hybridized carbons (Fsp3) is 0.273. The van der Waals surface area contributed by atoms with Gasteiger partial charge in [-0.25, -0.2) is 4.98 Å². The number of fused-ring (bicyclic) bond motifs is 1. The first-order valence-electron chi connectivity index (χ1n) is 9.49. The van der Waals surface area contributed by atoms with E-state index in [9.17, 15) is 9.90 Å². The van der Waals surface area contributed by atoms with Crippen LogP contribution in [0.3, 0.4) is 0 Å². The quantitative estimate of drug-likeness (QED) is 0.714. The van der Waals surface area contributed by atoms with Crippen molar-refractivity contribution >= 4 is 0 Å². The average molecular weight is 377 g/mol. The molecule has 0 saturated heterocycles. The molecular formula is C22H23N3O3. The number of nitrogens with one attached hydrogen (secondary N) is 1. The maximum Gasteiger partial charge on any atom is 0.255 e. The molecule has 0 bridgehead atoms. The fourth-order valence-corrected chi connectivity index (χ4v) is 3.56. The van der Waals surface area contributed by atoms with E-state index in [1.54, 1.807) is 6.07 Å². The minimum Gasteiger partial charge on any atom is -0.504 e. The predicted octanol–water partition coefficient (Wildman–Crippen LogP) is 3.10. The second kappa shape index (κ2) is 7.86. The molecule has 0 unspecified atom stereocenters. The molecule has 1 aromatic heterocycles. The Labute approximate surface area is 163 Å². The molecule has 4 rings (SSSR count). The van der Waals surface area contributed by atoms with Crippen molar-refractivity contribution in [2.45, 2.75) is 26.4 Å². The zero-order valence-corrected chi connectivity index (χ0v) is 15.8. The summed E-state index contributed by atoms with van der Waals surface area (Å²) >= 11 is 0. The number of hydrogen-bond donors (Lipinski definition) is 2. The Hall–Kier alpha value is -3.12. The molecule has 0 spiro atoms. The van der Waals surface area contributed by atoms with Crippen LogP contribution in [0.25, 0.3) is 11.4 Å². The van der Waals surface area contributed by atoms with Crippen LogP contribution in [0.4, 0.5) is 0 Å². The van der Waals surface area contributed by atoms with Gasteiger partial charge in [0.15, 0.2) is 11.5 Å². The number of H-pyrrole nitrogens is 1. The van der Waals surface area contributed by atoms with Gasteiger partial charge in [0.05, 0.1) is 17.9 Å². The molecule has 0 saturated carbocycles. The molecule has 1 aliphatic heterocycles. The van der Waals surface area contributed by atoms with Gasteiger partial charge in [-0.3, -0.25) is 9.69 Å². The van der Waals surface area contributed by atoms with Gasteiger partial charge in [0, 0.05) is 37.2 Å². The van der Waals surface area contributed by atoms with Gasteiger partial charge in [-0.1, -0.05) is 42.5 Å². The summed E-state index contributed by atoms with van der Waals surface area (Å²) in [6.45, 7) is 4.21. The number of nitrogens with zero attached hydrogens (tertiary/aromatic N) is 2. The number of hydrogen-bond acceptors (Lipinski definition) is 5. The van der Waals surface area contributed by atoms with Gasteiger partial charge in [-0.05, 0) is 13.0 Å². The zero-order valence-electron chi connectivity index (χ0n) is 15.8. The van der Waals surface area contributed by atoms with E-state index in [2.05, 4.69) is 9.88 Å². The summed E-state index contributed by atoms with van der Waals surface area (Å²) < 4.78 is 5.46. The van der Waals surface area contributed by atoms with E-state index in [4.69, 9.17) is 9.72 Å². The molecule has 6 heteroatoms. The Morgan fingerprint density at radius 3 is 2.79 bits per heavy atom. The summed E-state index contributed by atoms with van der Waals surface area (Å²) in [5, 5.41) is 10.4. The van der Waals surface area contributed by atoms with E-state index in [0.717, 1.165) is 23.4 Å². The number of aromatic hydroxyl groups is 1. The van der Waals surface area contributed by atoms with Crippen molar-refractivity contribution in [2.75, 3.05) is 13.2 Å². The van der Waals surface area contributed by atoms with Crippen LogP contribution >= 0.6 is 0 Å². The van der Waals surface area contributed by atoms with E-state index in [0.29, 0.717) is 43.3 Å². The number of aromatic nitrogens is 2. The van der Waals surface area contributed by atoms with Gasteiger partial charge in [0.2, 0.25) is 0 Å². The third-order valence-corrected chi connectivity index (χ3v) is 4.97. The summed E-state index contributed by atoms with van der Waals surface area (Å²) in [6.07, 6.45) is 0.699. The molecule has 0 amide bonds. The third-order valence-electron chi connectivity index (χ3n) is 4.97. The van der Waals surface area contributed by atoms with Crippen molar-refractivity contribution in [2.24, 2.45) is 0 Å². The van der Waals surface area contributed by atoms with Gasteiger partial charge in [-0.15, -0.1) is 0 Å². The lowest BCUT2D eigenvalue weighted by atomic mass is 10.0. The highest BCUT2D eigenvalue weighted by Gasteiger charge is 2.22. The van der Waals surface area contributed by atoms with Crippen LogP contribution in [0.5, 0.6) is 11.5 Å². The summed E-state index contributed by atoms with van der Waals surface area (Å²) in [7, 11) is 0. The summed E-state index contributed by atoms with van der Waals surface area (Å²) in [5.74, 6) is 1.27. The first kappa shape index (κ1) is 18.3. The summed E-state index contributed by atoms with van der Waals surface area (Å²) in [5.41, 5.74) is 3.15. The second-order valence-corrected chi connectivity index (χ2v) is 6.86. The first-order valence-corrected chi connectivity index (χ1v) is 9.49. The van der Waals surface area contributed by atoms with Crippen LogP contribution in [-0.2, 0) is 19.5 Å². The van der Waals surface area contributed by atoms with Gasteiger partial charge in [-0.2, -0.15) is 0 Å². The SMILES string of the molecule is CCOc1cccc(CN2CCc3nc(-c4ccccc4)[nH]c(=O)c3C2)c1O. The highest BCUT2D eigenvalue weighted by molar-refractivity contribution is 5.54. The monoisotopic (exact) mass is 377 g/mol. The zero-order chi connectivity index (χ0) is 19.5. The molecule has 6 nitrogen and oxygen atoms in total. The van der Waals surface area contributed by atoms with E-state index >= 15 is 0 Å². The number of benzene rings is 2. The largest absolute Gasteiger partial charge is 0.504 e. The van der Waals surface area contributed by atoms with Crippen molar-refractivity contribution in [1.82, 2.24) is 14.9 Å². The highest BCUT2D eigenvalue weighted by Crippen LogP contribution is 2.31. The Morgan fingerprint density at radius 2 is 2.00 bits per heavy atom. The molecule has 28 heavy (non-hydrogen) atoms. The molecule has 0 aliphatic carbocycles. The van der Waals surface area contributed by atoms with Gasteiger partial charge >= 0.3 is 0 Å². The number of phenols is 1. The van der Waals surface area contributed by atoms with Crippen molar-refractivity contribution in [3.05, 3.63) is 75.7 Å². The Kier molecular flexibility index (Phi) is 5.12. The first-order chi connectivity index (χ1) is 13.7. The van der Waals surface area contributed by atoms with Crippen LogP contribution in [0.1, 0.15) is 23.7 Å². The average Bonchev–Trinajstić information content (AvgIpc) is 2.72. The fourth-order valence-electron chi connectivity index (χ4n) is 3.56. The lowest BCUT2D eigenvalue weighted by Gasteiger charge is -2.28. The molecule has 2 N–H and O–H groups in total. The van der Waals surface area contributed by atoms with E-state index < -0.39 is 0 Å². The highest BCUT2D eigenvalue weighted by atomic mass is 16.5. The number of rotatable bonds is 5. The van der Waals surface area contributed by atoms with E-state index in [1.165, 1.54) is 0 Å². The van der Waals surface area contributed by atoms with Crippen LogP contribution in [0.2, 0.25) is 0 Å². The molecule has 0 fully saturated rings. The topological polar surface area (TPSA) is 78.5 Å². The minimum absolute atomic E-state index is 0.0964. The van der Waals surface area contributed by atoms with E-state index in [-0.39, 0.29) is 11.3 Å². The van der Waals surface area contributed by atoms with Crippen molar-refractivity contribution in [1.29, 1.82) is 0 Å². The lowest BCUT2D eigenvalue weighted by molar-refractivity contribution is 0.237. The van der Waals surface area contributed by atoms with Crippen molar-refractivity contribution in [3.8, 4) is 22.9 Å². The number of para-hydroxylation sites is 1. The van der Waals surface area contributed by atoms with Crippen LogP contribution in [0, 0.1) is 0 Å². The van der Waals surface area contributed by atoms with Crippen LogP contribution in [0.15, 0.2) is 53.3 Å². The molecule has 1 aliphatic rings. The summed E-state index contributed by atoms with van der Waals surface area (Å²) in [6, 6.07) is 15.2. The smallest absolute Gasteiger partial charge is 0.255 e. The van der Waals surface area contributed by atoms with Crippen LogP contribution < -0.4 is 10.3 Å². The molecular weight excluding hydrogens is 354 g/mol. The Bertz CT molecular complexity index is 1030. The van der Waals surface area contributed by atoms with Gasteiger partial charge in [0.25, 0.3) is 5.56 Å². The maximum atomic E-state index is 12.7. The Balaban J connectivity index is 1.56. The summed E-state index contributed by atoms with van der Waals surface area (Å²) in [4.78, 5) is 22.4. The molecule has 2 aromatic carbocycles. The molecule has 0 atom stereocenters. The normalized spacial score (nSPS) is 13.9. The molecule has 2 heterocycles. The standard InChI is InChI=1S/C22H23N3O3/c1-2-28-19-10-6-9-16(20(19)26)13-25-12-11-18-17(14-25)22(27)24-21(23-18)15-7-4-3-5-8-15/h3-10,26H,2,11-14H2,1H3,(H,23,24,27). The minimum atomic E-state index is -0.0964. The molecule has 144 valence electrons. The second-order valence-electron chi connectivity index (χ2n) is 6.86. The van der Waals surface area contributed by atoms with Crippen LogP contribution in [-0.4, -0.2) is 33.1 Å². The van der Waals surface area contributed by atoms with Crippen molar-refractivity contribution in [3.63, 3.8) is 0 Å². The van der Waals surface area contributed by atoms with E-state index in [1.807, 2.05) is 49.4 Å². The molecule has 3 aromatic rings.